The molecule has 1 atom stereocenters. The Labute approximate surface area is 153 Å². The molecule has 0 aliphatic carbocycles. The van der Waals surface area contributed by atoms with E-state index in [1.165, 1.54) is 0 Å². The highest BCUT2D eigenvalue weighted by molar-refractivity contribution is 5.83. The summed E-state index contributed by atoms with van der Waals surface area (Å²) in [4.78, 5) is 12.6. The molecule has 2 heterocycles. The number of hydrogen-bond acceptors (Lipinski definition) is 5. The van der Waals surface area contributed by atoms with Crippen LogP contribution in [0.25, 0.3) is 0 Å². The van der Waals surface area contributed by atoms with Crippen LogP contribution in [0.3, 0.4) is 0 Å². The molecule has 1 aliphatic rings. The molecule has 7 nitrogen and oxygen atoms in total. The molecular formula is C19H26N4O3. The molecule has 0 bridgehead atoms. The molecule has 2 N–H and O–H groups in total. The lowest BCUT2D eigenvalue weighted by molar-refractivity contribution is -0.123. The molecule has 3 rings (SSSR count). The van der Waals surface area contributed by atoms with Crippen molar-refractivity contribution in [3.63, 3.8) is 0 Å². The molecule has 1 aromatic heterocycles. The zero-order valence-electron chi connectivity index (χ0n) is 15.7. The molecule has 1 aliphatic heterocycles. The quantitative estimate of drug-likeness (QED) is 0.819. The van der Waals surface area contributed by atoms with Crippen LogP contribution >= 0.6 is 0 Å². The highest BCUT2D eigenvalue weighted by Crippen LogP contribution is 2.35. The third-order valence-electron chi connectivity index (χ3n) is 4.64. The first kappa shape index (κ1) is 18.3. The van der Waals surface area contributed by atoms with E-state index in [1.807, 2.05) is 31.4 Å². The summed E-state index contributed by atoms with van der Waals surface area (Å²) in [6, 6.07) is 5.52. The number of nitrogens with one attached hydrogen (secondary N) is 2. The van der Waals surface area contributed by atoms with Crippen molar-refractivity contribution in [1.82, 2.24) is 20.4 Å². The standard InChI is InChI=1S/C19H26N4O3/c1-19(2,14-5-6-15-16(9-14)26-8-7-25-15)12-21-18(24)17(20-3)13-10-22-23(4)11-13/h5-6,9-11,17,20H,7-8,12H2,1-4H3,(H,21,24). The summed E-state index contributed by atoms with van der Waals surface area (Å²) in [5.74, 6) is 1.45. The van der Waals surface area contributed by atoms with E-state index in [0.717, 1.165) is 22.6 Å². The van der Waals surface area contributed by atoms with Crippen molar-refractivity contribution in [3.8, 4) is 11.5 Å². The maximum absolute atomic E-state index is 12.6. The minimum Gasteiger partial charge on any atom is -0.486 e. The number of carbonyl (C=O) groups excluding carboxylic acids is 1. The van der Waals surface area contributed by atoms with Crippen LogP contribution in [0, 0.1) is 0 Å². The van der Waals surface area contributed by atoms with Gasteiger partial charge in [0.15, 0.2) is 11.5 Å². The normalized spacial score (nSPS) is 14.8. The Balaban J connectivity index is 1.68. The Morgan fingerprint density at radius 3 is 2.69 bits per heavy atom. The molecule has 1 aromatic carbocycles. The summed E-state index contributed by atoms with van der Waals surface area (Å²) in [5.41, 5.74) is 1.67. The predicted octanol–water partition coefficient (Wildman–Crippen LogP) is 1.55. The molecule has 0 radical (unpaired) electrons. The number of hydrogen-bond donors (Lipinski definition) is 2. The molecule has 0 spiro atoms. The van der Waals surface area contributed by atoms with E-state index >= 15 is 0 Å². The topological polar surface area (TPSA) is 77.4 Å². The fraction of sp³-hybridized carbons (Fsp3) is 0.474. The molecule has 1 amide bonds. The summed E-state index contributed by atoms with van der Waals surface area (Å²) in [7, 11) is 3.60. The summed E-state index contributed by atoms with van der Waals surface area (Å²) in [5, 5.41) is 10.2. The minimum atomic E-state index is -0.431. The zero-order valence-corrected chi connectivity index (χ0v) is 15.7. The van der Waals surface area contributed by atoms with Gasteiger partial charge in [0.05, 0.1) is 6.20 Å². The van der Waals surface area contributed by atoms with E-state index in [1.54, 1.807) is 17.9 Å². The van der Waals surface area contributed by atoms with Crippen LogP contribution in [-0.2, 0) is 17.3 Å². The largest absolute Gasteiger partial charge is 0.486 e. The van der Waals surface area contributed by atoms with Gasteiger partial charge in [-0.05, 0) is 24.7 Å². The first-order valence-electron chi connectivity index (χ1n) is 8.74. The smallest absolute Gasteiger partial charge is 0.241 e. The lowest BCUT2D eigenvalue weighted by Gasteiger charge is -2.28. The van der Waals surface area contributed by atoms with Crippen LogP contribution in [0.15, 0.2) is 30.6 Å². The van der Waals surface area contributed by atoms with E-state index in [9.17, 15) is 4.79 Å². The third kappa shape index (κ3) is 3.83. The monoisotopic (exact) mass is 358 g/mol. The van der Waals surface area contributed by atoms with Crippen molar-refractivity contribution in [1.29, 1.82) is 0 Å². The number of fused-ring (bicyclic) bond motifs is 1. The number of likely N-dealkylation sites (N-methyl/N-ethyl adjacent to an activating group) is 1. The second kappa shape index (κ2) is 7.37. The fourth-order valence-corrected chi connectivity index (χ4v) is 3.01. The first-order valence-corrected chi connectivity index (χ1v) is 8.74. The van der Waals surface area contributed by atoms with Gasteiger partial charge in [-0.1, -0.05) is 19.9 Å². The van der Waals surface area contributed by atoms with Crippen molar-refractivity contribution >= 4 is 5.91 Å². The molecule has 0 fully saturated rings. The minimum absolute atomic E-state index is 0.0777. The molecule has 0 saturated heterocycles. The average molecular weight is 358 g/mol. The number of aromatic nitrogens is 2. The second-order valence-electron chi connectivity index (χ2n) is 7.13. The van der Waals surface area contributed by atoms with E-state index < -0.39 is 6.04 Å². The number of carbonyl (C=O) groups is 1. The number of amides is 1. The molecule has 26 heavy (non-hydrogen) atoms. The SMILES string of the molecule is CNC(C(=O)NCC(C)(C)c1ccc2c(c1)OCCO2)c1cnn(C)c1. The van der Waals surface area contributed by atoms with E-state index in [-0.39, 0.29) is 11.3 Å². The van der Waals surface area contributed by atoms with Gasteiger partial charge in [-0.3, -0.25) is 9.48 Å². The van der Waals surface area contributed by atoms with Crippen LogP contribution in [0.4, 0.5) is 0 Å². The fourth-order valence-electron chi connectivity index (χ4n) is 3.01. The molecule has 1 unspecified atom stereocenters. The Morgan fingerprint density at radius 1 is 1.31 bits per heavy atom. The van der Waals surface area contributed by atoms with Gasteiger partial charge in [0, 0.05) is 30.8 Å². The average Bonchev–Trinajstić information content (AvgIpc) is 3.06. The van der Waals surface area contributed by atoms with Gasteiger partial charge in [0.2, 0.25) is 5.91 Å². The molecule has 7 heteroatoms. The number of benzene rings is 1. The summed E-state index contributed by atoms with van der Waals surface area (Å²) in [6.45, 7) is 5.83. The van der Waals surface area contributed by atoms with Gasteiger partial charge in [0.25, 0.3) is 0 Å². The van der Waals surface area contributed by atoms with Gasteiger partial charge in [0.1, 0.15) is 19.3 Å². The van der Waals surface area contributed by atoms with Crippen molar-refractivity contribution in [2.45, 2.75) is 25.3 Å². The number of aryl methyl sites for hydroxylation is 1. The maximum Gasteiger partial charge on any atom is 0.241 e. The maximum atomic E-state index is 12.6. The van der Waals surface area contributed by atoms with E-state index in [2.05, 4.69) is 29.6 Å². The third-order valence-corrected chi connectivity index (χ3v) is 4.64. The van der Waals surface area contributed by atoms with Crippen LogP contribution in [0.2, 0.25) is 0 Å². The molecular weight excluding hydrogens is 332 g/mol. The van der Waals surface area contributed by atoms with Crippen molar-refractivity contribution in [3.05, 3.63) is 41.7 Å². The summed E-state index contributed by atoms with van der Waals surface area (Å²) < 4.78 is 12.9. The van der Waals surface area contributed by atoms with Crippen molar-refractivity contribution in [2.75, 3.05) is 26.8 Å². The number of ether oxygens (including phenoxy) is 2. The summed E-state index contributed by atoms with van der Waals surface area (Å²) >= 11 is 0. The van der Waals surface area contributed by atoms with Crippen LogP contribution in [0.5, 0.6) is 11.5 Å². The lowest BCUT2D eigenvalue weighted by Crippen LogP contribution is -2.42. The second-order valence-corrected chi connectivity index (χ2v) is 7.13. The molecule has 140 valence electrons. The Hall–Kier alpha value is -2.54. The van der Waals surface area contributed by atoms with Gasteiger partial charge in [-0.15, -0.1) is 0 Å². The van der Waals surface area contributed by atoms with Gasteiger partial charge in [-0.2, -0.15) is 5.10 Å². The van der Waals surface area contributed by atoms with Crippen LogP contribution in [0.1, 0.15) is 31.0 Å². The number of nitrogens with zero attached hydrogens (tertiary/aromatic N) is 2. The van der Waals surface area contributed by atoms with Crippen molar-refractivity contribution < 1.29 is 14.3 Å². The zero-order chi connectivity index (χ0) is 18.7. The first-order chi connectivity index (χ1) is 12.4. The van der Waals surface area contributed by atoms with Gasteiger partial charge in [-0.25, -0.2) is 0 Å². The Bertz CT molecular complexity index is 785. The van der Waals surface area contributed by atoms with E-state index in [0.29, 0.717) is 19.8 Å². The summed E-state index contributed by atoms with van der Waals surface area (Å²) in [6.07, 6.45) is 3.54. The van der Waals surface area contributed by atoms with Crippen molar-refractivity contribution in [2.24, 2.45) is 7.05 Å². The van der Waals surface area contributed by atoms with Gasteiger partial charge < -0.3 is 20.1 Å². The predicted molar refractivity (Wildman–Crippen MR) is 98.5 cm³/mol. The number of rotatable bonds is 6. The van der Waals surface area contributed by atoms with Gasteiger partial charge >= 0.3 is 0 Å². The Kier molecular flexibility index (Phi) is 5.18. The molecule has 2 aromatic rings. The molecule has 0 saturated carbocycles. The van der Waals surface area contributed by atoms with E-state index in [4.69, 9.17) is 9.47 Å². The Morgan fingerprint density at radius 2 is 2.04 bits per heavy atom. The van der Waals surface area contributed by atoms with Crippen LogP contribution < -0.4 is 20.1 Å². The lowest BCUT2D eigenvalue weighted by atomic mass is 9.84. The highest BCUT2D eigenvalue weighted by Gasteiger charge is 2.26. The van der Waals surface area contributed by atoms with Crippen LogP contribution in [-0.4, -0.2) is 42.5 Å². The highest BCUT2D eigenvalue weighted by atomic mass is 16.6.